The number of carbonyl (C=O) groups is 3. The van der Waals surface area contributed by atoms with Crippen LogP contribution < -0.4 is 10.6 Å². The number of esters is 1. The van der Waals surface area contributed by atoms with Gasteiger partial charge in [-0.3, -0.25) is 9.80 Å². The number of carbonyl (C=O) groups excluding carboxylic acids is 3. The second-order valence-corrected chi connectivity index (χ2v) is 10.3. The molecule has 0 radical (unpaired) electrons. The summed E-state index contributed by atoms with van der Waals surface area (Å²) in [6, 6.07) is 13.7. The molecule has 42 heavy (non-hydrogen) atoms. The SMILES string of the molecule is COC(=O)C1=C(C)NC(=O)N(N(C=O)CCCN[C@H]2CC[C@@](C#N)(c3ccccc3)CC2)C1c1ccc(F)c(F)c1.Cl. The number of halogens is 3. The summed E-state index contributed by atoms with van der Waals surface area (Å²) in [4.78, 5) is 38.0. The van der Waals surface area contributed by atoms with Crippen LogP contribution in [-0.4, -0.2) is 54.7 Å². The summed E-state index contributed by atoms with van der Waals surface area (Å²) in [5.74, 6) is -3.02. The van der Waals surface area contributed by atoms with E-state index in [1.807, 2.05) is 30.3 Å². The Morgan fingerprint density at radius 2 is 1.90 bits per heavy atom. The van der Waals surface area contributed by atoms with E-state index in [-0.39, 0.29) is 41.8 Å². The minimum Gasteiger partial charge on any atom is -0.466 e. The van der Waals surface area contributed by atoms with Crippen molar-refractivity contribution in [3.8, 4) is 6.07 Å². The van der Waals surface area contributed by atoms with Crippen LogP contribution in [0.3, 0.4) is 0 Å². The summed E-state index contributed by atoms with van der Waals surface area (Å²) in [5.41, 5.74) is 0.817. The lowest BCUT2D eigenvalue weighted by Crippen LogP contribution is -2.56. The highest BCUT2D eigenvalue weighted by Crippen LogP contribution is 2.39. The molecule has 0 spiro atoms. The van der Waals surface area contributed by atoms with Crippen molar-refractivity contribution in [1.29, 1.82) is 5.26 Å². The predicted molar refractivity (Wildman–Crippen MR) is 153 cm³/mol. The summed E-state index contributed by atoms with van der Waals surface area (Å²) < 4.78 is 32.8. The largest absolute Gasteiger partial charge is 0.466 e. The van der Waals surface area contributed by atoms with Gasteiger partial charge in [0.25, 0.3) is 0 Å². The molecule has 4 rings (SSSR count). The van der Waals surface area contributed by atoms with Gasteiger partial charge < -0.3 is 15.4 Å². The van der Waals surface area contributed by atoms with Crippen LogP contribution in [0.5, 0.6) is 0 Å². The van der Waals surface area contributed by atoms with Gasteiger partial charge in [0.15, 0.2) is 11.6 Å². The lowest BCUT2D eigenvalue weighted by atomic mass is 9.69. The Bertz CT molecular complexity index is 1360. The van der Waals surface area contributed by atoms with Gasteiger partial charge >= 0.3 is 12.0 Å². The number of amides is 3. The Morgan fingerprint density at radius 1 is 1.21 bits per heavy atom. The zero-order valence-electron chi connectivity index (χ0n) is 23.4. The van der Waals surface area contributed by atoms with Crippen molar-refractivity contribution in [3.05, 3.63) is 82.6 Å². The predicted octanol–water partition coefficient (Wildman–Crippen LogP) is 4.66. The summed E-state index contributed by atoms with van der Waals surface area (Å²) in [7, 11) is 1.17. The molecular formula is C30H34ClF2N5O4. The quantitative estimate of drug-likeness (QED) is 0.233. The number of hydrazine groups is 1. The van der Waals surface area contributed by atoms with Crippen molar-refractivity contribution in [2.75, 3.05) is 20.2 Å². The van der Waals surface area contributed by atoms with E-state index in [1.165, 1.54) is 20.1 Å². The first-order chi connectivity index (χ1) is 19.7. The van der Waals surface area contributed by atoms with E-state index in [9.17, 15) is 28.4 Å². The number of benzene rings is 2. The molecule has 0 aromatic heterocycles. The molecule has 0 saturated heterocycles. The molecule has 2 aliphatic rings. The average molecular weight is 602 g/mol. The first-order valence-electron chi connectivity index (χ1n) is 13.5. The maximum Gasteiger partial charge on any atom is 0.341 e. The third-order valence-electron chi connectivity index (χ3n) is 7.86. The van der Waals surface area contributed by atoms with Gasteiger partial charge in [0.2, 0.25) is 6.41 Å². The fourth-order valence-corrected chi connectivity index (χ4v) is 5.66. The van der Waals surface area contributed by atoms with Crippen molar-refractivity contribution in [3.63, 3.8) is 0 Å². The number of methoxy groups -OCH3 is 1. The van der Waals surface area contributed by atoms with Crippen LogP contribution in [-0.2, 0) is 19.7 Å². The molecule has 9 nitrogen and oxygen atoms in total. The molecule has 2 aromatic rings. The highest BCUT2D eigenvalue weighted by atomic mass is 35.5. The van der Waals surface area contributed by atoms with E-state index in [0.29, 0.717) is 19.4 Å². The van der Waals surface area contributed by atoms with Gasteiger partial charge in [0, 0.05) is 18.3 Å². The second kappa shape index (κ2) is 14.2. The standard InChI is InChI=1S/C30H33F2N5O4.ClH/c1-20-26(28(39)41-2)27(21-9-10-24(31)25(32)17-21)37(29(40)35-20)36(19-38)16-6-15-34-23-11-13-30(18-33,14-12-23)22-7-4-3-5-8-22;/h3-5,7-10,17,19,23,27,34H,6,11-16H2,1-2H3,(H,35,40);1H/t23-,27?,30+;. The third-order valence-corrected chi connectivity index (χ3v) is 7.86. The normalized spacial score (nSPS) is 22.0. The van der Waals surface area contributed by atoms with Gasteiger partial charge in [-0.1, -0.05) is 36.4 Å². The minimum atomic E-state index is -1.22. The molecule has 2 aromatic carbocycles. The molecule has 3 amide bonds. The maximum absolute atomic E-state index is 14.2. The van der Waals surface area contributed by atoms with Gasteiger partial charge in [0.1, 0.15) is 6.04 Å². The molecule has 1 aliphatic carbocycles. The van der Waals surface area contributed by atoms with Crippen LogP contribution in [0.1, 0.15) is 56.2 Å². The number of nitrogens with zero attached hydrogens (tertiary/aromatic N) is 3. The van der Waals surface area contributed by atoms with Crippen LogP contribution in [0.15, 0.2) is 59.8 Å². The Labute approximate surface area is 249 Å². The lowest BCUT2D eigenvalue weighted by Gasteiger charge is -2.42. The molecule has 1 atom stereocenters. The molecule has 224 valence electrons. The topological polar surface area (TPSA) is 115 Å². The molecule has 0 bridgehead atoms. The van der Waals surface area contributed by atoms with Crippen LogP contribution >= 0.6 is 12.4 Å². The van der Waals surface area contributed by atoms with Gasteiger partial charge in [-0.15, -0.1) is 12.4 Å². The van der Waals surface area contributed by atoms with Gasteiger partial charge in [-0.05, 0) is 68.8 Å². The number of rotatable bonds is 10. The zero-order valence-corrected chi connectivity index (χ0v) is 24.3. The molecule has 2 N–H and O–H groups in total. The molecule has 1 heterocycles. The molecule has 1 fully saturated rings. The van der Waals surface area contributed by atoms with Crippen LogP contribution in [0.2, 0.25) is 0 Å². The highest BCUT2D eigenvalue weighted by Gasteiger charge is 2.42. The zero-order chi connectivity index (χ0) is 29.6. The fraction of sp³-hybridized carbons (Fsp3) is 0.400. The van der Waals surface area contributed by atoms with E-state index in [0.717, 1.165) is 53.4 Å². The van der Waals surface area contributed by atoms with Gasteiger partial charge in [0.05, 0.1) is 24.2 Å². The second-order valence-electron chi connectivity index (χ2n) is 10.3. The first kappa shape index (κ1) is 32.5. The van der Waals surface area contributed by atoms with E-state index < -0.39 is 35.1 Å². The molecule has 12 heteroatoms. The van der Waals surface area contributed by atoms with E-state index in [1.54, 1.807) is 0 Å². The highest BCUT2D eigenvalue weighted by molar-refractivity contribution is 5.95. The number of ether oxygens (including phenoxy) is 1. The van der Waals surface area contributed by atoms with Crippen LogP contribution in [0.4, 0.5) is 13.6 Å². The van der Waals surface area contributed by atoms with Crippen molar-refractivity contribution in [2.24, 2.45) is 0 Å². The number of nitriles is 1. The molecule has 1 unspecified atom stereocenters. The van der Waals surface area contributed by atoms with Crippen molar-refractivity contribution in [2.45, 2.75) is 56.5 Å². The summed E-state index contributed by atoms with van der Waals surface area (Å²) >= 11 is 0. The van der Waals surface area contributed by atoms with Crippen molar-refractivity contribution >= 4 is 30.8 Å². The third kappa shape index (κ3) is 6.72. The van der Waals surface area contributed by atoms with Gasteiger partial charge in [-0.25, -0.2) is 23.4 Å². The fourth-order valence-electron chi connectivity index (χ4n) is 5.66. The molecule has 1 saturated carbocycles. The average Bonchev–Trinajstić information content (AvgIpc) is 2.99. The van der Waals surface area contributed by atoms with E-state index in [2.05, 4.69) is 16.7 Å². The summed E-state index contributed by atoms with van der Waals surface area (Å²) in [6.45, 7) is 2.13. The number of hydrogen-bond acceptors (Lipinski definition) is 6. The number of allylic oxidation sites excluding steroid dienone is 1. The van der Waals surface area contributed by atoms with Crippen molar-refractivity contribution in [1.82, 2.24) is 20.7 Å². The molecule has 1 aliphatic heterocycles. The monoisotopic (exact) mass is 601 g/mol. The Hall–Kier alpha value is -4.01. The Balaban J connectivity index is 0.00000484. The first-order valence-corrected chi connectivity index (χ1v) is 13.5. The van der Waals surface area contributed by atoms with Crippen molar-refractivity contribution < 1.29 is 27.9 Å². The smallest absolute Gasteiger partial charge is 0.341 e. The summed E-state index contributed by atoms with van der Waals surface area (Å²) in [5, 5.41) is 18.1. The Kier molecular flexibility index (Phi) is 11.0. The number of urea groups is 1. The lowest BCUT2D eigenvalue weighted by molar-refractivity contribution is -0.141. The van der Waals surface area contributed by atoms with Crippen LogP contribution in [0.25, 0.3) is 0 Å². The minimum absolute atomic E-state index is 0. The number of hydrogen-bond donors (Lipinski definition) is 2. The molecular weight excluding hydrogens is 568 g/mol. The van der Waals surface area contributed by atoms with E-state index >= 15 is 0 Å². The van der Waals surface area contributed by atoms with Crippen LogP contribution in [0, 0.1) is 23.0 Å². The number of nitrogens with one attached hydrogen (secondary N) is 2. The summed E-state index contributed by atoms with van der Waals surface area (Å²) in [6.07, 6.45) is 4.03. The van der Waals surface area contributed by atoms with Gasteiger partial charge in [-0.2, -0.15) is 5.26 Å². The Morgan fingerprint density at radius 3 is 2.50 bits per heavy atom. The maximum atomic E-state index is 14.2. The van der Waals surface area contributed by atoms with E-state index in [4.69, 9.17) is 4.74 Å².